The van der Waals surface area contributed by atoms with Gasteiger partial charge in [0.05, 0.1) is 29.0 Å². The van der Waals surface area contributed by atoms with E-state index in [1.807, 2.05) is 18.2 Å². The first-order valence-electron chi connectivity index (χ1n) is 10.0. The molecule has 0 spiro atoms. The predicted molar refractivity (Wildman–Crippen MR) is 127 cm³/mol. The molecule has 1 aromatic heterocycles. The van der Waals surface area contributed by atoms with Gasteiger partial charge in [-0.05, 0) is 30.3 Å². The highest BCUT2D eigenvalue weighted by atomic mass is 32.2. The molecule has 0 radical (unpaired) electrons. The molecule has 10 nitrogen and oxygen atoms in total. The van der Waals surface area contributed by atoms with E-state index in [0.717, 1.165) is 11.8 Å². The Morgan fingerprint density at radius 2 is 1.79 bits per heavy atom. The summed E-state index contributed by atoms with van der Waals surface area (Å²) in [7, 11) is 1.54. The zero-order valence-corrected chi connectivity index (χ0v) is 18.7. The van der Waals surface area contributed by atoms with Crippen LogP contribution in [0, 0.1) is 10.1 Å². The number of phenolic OH excluding ortho intramolecular Hbond substituents is 1. The van der Waals surface area contributed by atoms with Crippen LogP contribution < -0.4 is 10.1 Å². The second-order valence-electron chi connectivity index (χ2n) is 6.94. The van der Waals surface area contributed by atoms with Crippen LogP contribution >= 0.6 is 11.8 Å². The summed E-state index contributed by atoms with van der Waals surface area (Å²) in [4.78, 5) is 23.2. The molecule has 0 bridgehead atoms. The number of phenols is 1. The van der Waals surface area contributed by atoms with Crippen molar-refractivity contribution in [3.05, 3.63) is 82.9 Å². The Morgan fingerprint density at radius 1 is 1.09 bits per heavy atom. The van der Waals surface area contributed by atoms with Crippen LogP contribution in [0.4, 0.5) is 11.4 Å². The number of aromatic nitrogens is 3. The highest BCUT2D eigenvalue weighted by Crippen LogP contribution is 2.35. The molecule has 4 rings (SSSR count). The summed E-state index contributed by atoms with van der Waals surface area (Å²) in [6.07, 6.45) is 0. The lowest BCUT2D eigenvalue weighted by Crippen LogP contribution is -2.15. The van der Waals surface area contributed by atoms with Crippen molar-refractivity contribution in [3.8, 4) is 28.6 Å². The van der Waals surface area contributed by atoms with Gasteiger partial charge in [0.25, 0.3) is 5.69 Å². The minimum atomic E-state index is -0.556. The zero-order chi connectivity index (χ0) is 24.1. The highest BCUT2D eigenvalue weighted by molar-refractivity contribution is 7.99. The number of anilines is 1. The first-order valence-corrected chi connectivity index (χ1v) is 11.0. The molecule has 0 aliphatic heterocycles. The average molecular weight is 478 g/mol. The van der Waals surface area contributed by atoms with Gasteiger partial charge < -0.3 is 15.2 Å². The van der Waals surface area contributed by atoms with Gasteiger partial charge in [-0.3, -0.25) is 19.5 Å². The van der Waals surface area contributed by atoms with Crippen molar-refractivity contribution in [2.75, 3.05) is 18.2 Å². The van der Waals surface area contributed by atoms with Crippen LogP contribution in [0.3, 0.4) is 0 Å². The van der Waals surface area contributed by atoms with Crippen LogP contribution in [0.2, 0.25) is 0 Å². The lowest BCUT2D eigenvalue weighted by atomic mass is 10.2. The topological polar surface area (TPSA) is 132 Å². The normalized spacial score (nSPS) is 10.6. The largest absolute Gasteiger partial charge is 0.507 e. The SMILES string of the molecule is COc1ccccc1-n1c(SCC(=O)Nc2ccccc2[N+](=O)[O-])nnc1-c1ccccc1O. The quantitative estimate of drug-likeness (QED) is 0.218. The number of benzene rings is 3. The Kier molecular flexibility index (Phi) is 6.74. The van der Waals surface area contributed by atoms with Crippen LogP contribution in [0.1, 0.15) is 0 Å². The number of hydrogen-bond donors (Lipinski definition) is 2. The fraction of sp³-hybridized carbons (Fsp3) is 0.0870. The molecule has 0 saturated heterocycles. The third-order valence-electron chi connectivity index (χ3n) is 4.81. The third-order valence-corrected chi connectivity index (χ3v) is 5.74. The molecule has 4 aromatic rings. The molecule has 0 atom stereocenters. The monoisotopic (exact) mass is 477 g/mol. The van der Waals surface area contributed by atoms with Crippen molar-refractivity contribution in [1.29, 1.82) is 0 Å². The minimum absolute atomic E-state index is 0.0247. The van der Waals surface area contributed by atoms with E-state index < -0.39 is 10.8 Å². The number of amides is 1. The van der Waals surface area contributed by atoms with E-state index >= 15 is 0 Å². The lowest BCUT2D eigenvalue weighted by molar-refractivity contribution is -0.383. The Hall–Kier alpha value is -4.38. The first-order chi connectivity index (χ1) is 16.5. The number of nitro groups is 1. The zero-order valence-electron chi connectivity index (χ0n) is 17.9. The number of nitrogens with zero attached hydrogens (tertiary/aromatic N) is 4. The summed E-state index contributed by atoms with van der Waals surface area (Å²) in [6, 6.07) is 19.9. The summed E-state index contributed by atoms with van der Waals surface area (Å²) in [5, 5.41) is 33.0. The van der Waals surface area contributed by atoms with Crippen LogP contribution in [-0.4, -0.2) is 43.6 Å². The van der Waals surface area contributed by atoms with Gasteiger partial charge in [-0.15, -0.1) is 10.2 Å². The van der Waals surface area contributed by atoms with E-state index in [1.54, 1.807) is 41.0 Å². The molecule has 0 saturated carbocycles. The molecule has 1 heterocycles. The summed E-state index contributed by atoms with van der Waals surface area (Å²) in [6.45, 7) is 0. The molecule has 3 aromatic carbocycles. The third kappa shape index (κ3) is 4.69. The van der Waals surface area contributed by atoms with E-state index in [-0.39, 0.29) is 22.9 Å². The Balaban J connectivity index is 1.66. The van der Waals surface area contributed by atoms with Gasteiger partial charge in [0.2, 0.25) is 5.91 Å². The second-order valence-corrected chi connectivity index (χ2v) is 7.88. The number of para-hydroxylation sites is 5. The molecule has 172 valence electrons. The van der Waals surface area contributed by atoms with Gasteiger partial charge in [0.1, 0.15) is 17.2 Å². The van der Waals surface area contributed by atoms with Crippen LogP contribution in [-0.2, 0) is 4.79 Å². The van der Waals surface area contributed by atoms with Crippen molar-refractivity contribution in [3.63, 3.8) is 0 Å². The van der Waals surface area contributed by atoms with Gasteiger partial charge in [-0.1, -0.05) is 48.2 Å². The molecule has 34 heavy (non-hydrogen) atoms. The number of thioether (sulfide) groups is 1. The number of carbonyl (C=O) groups excluding carboxylic acids is 1. The number of nitro benzene ring substituents is 1. The Bertz CT molecular complexity index is 1360. The minimum Gasteiger partial charge on any atom is -0.507 e. The van der Waals surface area contributed by atoms with Crippen molar-refractivity contribution < 1.29 is 19.6 Å². The number of nitrogens with one attached hydrogen (secondary N) is 1. The molecule has 0 aliphatic carbocycles. The molecular weight excluding hydrogens is 458 g/mol. The van der Waals surface area contributed by atoms with E-state index in [1.165, 1.54) is 25.3 Å². The maximum atomic E-state index is 12.6. The fourth-order valence-corrected chi connectivity index (χ4v) is 4.03. The number of ether oxygens (including phenoxy) is 1. The Labute approximate surface area is 198 Å². The average Bonchev–Trinajstić information content (AvgIpc) is 3.26. The number of rotatable bonds is 8. The first kappa shape index (κ1) is 22.8. The smallest absolute Gasteiger partial charge is 0.292 e. The van der Waals surface area contributed by atoms with E-state index in [4.69, 9.17) is 4.74 Å². The lowest BCUT2D eigenvalue weighted by Gasteiger charge is -2.14. The molecule has 0 unspecified atom stereocenters. The number of carbonyl (C=O) groups is 1. The van der Waals surface area contributed by atoms with Gasteiger partial charge in [0, 0.05) is 6.07 Å². The van der Waals surface area contributed by atoms with Crippen molar-refractivity contribution >= 4 is 29.0 Å². The standard InChI is InChI=1S/C23H19N5O5S/c1-33-20-13-7-5-11-18(20)27-22(15-8-2-6-12-19(15)29)25-26-23(27)34-14-21(30)24-16-9-3-4-10-17(16)28(31)32/h2-13,29H,14H2,1H3,(H,24,30). The maximum Gasteiger partial charge on any atom is 0.292 e. The van der Waals surface area contributed by atoms with Crippen molar-refractivity contribution in [1.82, 2.24) is 14.8 Å². The number of hydrogen-bond acceptors (Lipinski definition) is 8. The molecule has 0 fully saturated rings. The van der Waals surface area contributed by atoms with E-state index in [2.05, 4.69) is 15.5 Å². The van der Waals surface area contributed by atoms with Crippen molar-refractivity contribution in [2.24, 2.45) is 0 Å². The molecule has 1 amide bonds. The Morgan fingerprint density at radius 3 is 2.56 bits per heavy atom. The van der Waals surface area contributed by atoms with Crippen LogP contribution in [0.15, 0.2) is 78.0 Å². The number of aromatic hydroxyl groups is 1. The van der Waals surface area contributed by atoms with Crippen LogP contribution in [0.5, 0.6) is 11.5 Å². The van der Waals surface area contributed by atoms with Crippen LogP contribution in [0.25, 0.3) is 17.1 Å². The molecule has 11 heteroatoms. The van der Waals surface area contributed by atoms with Gasteiger partial charge >= 0.3 is 0 Å². The second kappa shape index (κ2) is 10.0. The summed E-state index contributed by atoms with van der Waals surface area (Å²) in [5.41, 5.74) is 0.992. The maximum absolute atomic E-state index is 12.6. The fourth-order valence-electron chi connectivity index (χ4n) is 3.29. The highest BCUT2D eigenvalue weighted by Gasteiger charge is 2.22. The molecule has 0 aliphatic rings. The van der Waals surface area contributed by atoms with Gasteiger partial charge in [-0.25, -0.2) is 0 Å². The molecular formula is C23H19N5O5S. The summed E-state index contributed by atoms with van der Waals surface area (Å²) in [5.74, 6) is 0.407. The van der Waals surface area contributed by atoms with Crippen molar-refractivity contribution in [2.45, 2.75) is 5.16 Å². The summed E-state index contributed by atoms with van der Waals surface area (Å²) >= 11 is 1.09. The van der Waals surface area contributed by atoms with E-state index in [0.29, 0.717) is 28.0 Å². The van der Waals surface area contributed by atoms with Gasteiger partial charge in [0.15, 0.2) is 11.0 Å². The van der Waals surface area contributed by atoms with E-state index in [9.17, 15) is 20.0 Å². The molecule has 2 N–H and O–H groups in total. The van der Waals surface area contributed by atoms with Gasteiger partial charge in [-0.2, -0.15) is 0 Å². The summed E-state index contributed by atoms with van der Waals surface area (Å²) < 4.78 is 7.19. The number of methoxy groups -OCH3 is 1. The predicted octanol–water partition coefficient (Wildman–Crippen LogP) is 4.29.